The maximum absolute atomic E-state index is 11.9. The first-order valence-corrected chi connectivity index (χ1v) is 7.92. The molecule has 18 heavy (non-hydrogen) atoms. The zero-order valence-corrected chi connectivity index (χ0v) is 12.4. The van der Waals surface area contributed by atoms with Crippen LogP contribution in [0.1, 0.15) is 33.1 Å². The molecule has 0 aromatic carbocycles. The minimum Gasteiger partial charge on any atom is -0.396 e. The molecule has 1 heterocycles. The van der Waals surface area contributed by atoms with Crippen molar-refractivity contribution in [1.29, 1.82) is 0 Å². The molecule has 0 bridgehead atoms. The highest BCUT2D eigenvalue weighted by molar-refractivity contribution is 7.99. The molecular weight excluding hydrogens is 248 g/mol. The van der Waals surface area contributed by atoms with Gasteiger partial charge in [0, 0.05) is 32.0 Å². The molecule has 0 atom stereocenters. The van der Waals surface area contributed by atoms with Crippen LogP contribution in [0.25, 0.3) is 0 Å². The quantitative estimate of drug-likeness (QED) is 0.753. The van der Waals surface area contributed by atoms with Crippen LogP contribution in [-0.2, 0) is 0 Å². The second-order valence-electron chi connectivity index (χ2n) is 5.61. The topological polar surface area (TPSA) is 52.6 Å². The highest BCUT2D eigenvalue weighted by atomic mass is 32.2. The normalized spacial score (nSPS) is 17.4. The second-order valence-corrected chi connectivity index (χ2v) is 6.84. The van der Waals surface area contributed by atoms with Crippen molar-refractivity contribution < 1.29 is 9.90 Å². The summed E-state index contributed by atoms with van der Waals surface area (Å²) >= 11 is 1.92. The molecule has 4 nitrogen and oxygen atoms in total. The Bertz CT molecular complexity index is 251. The van der Waals surface area contributed by atoms with Crippen LogP contribution in [0.3, 0.4) is 0 Å². The smallest absolute Gasteiger partial charge is 0.317 e. The predicted octanol–water partition coefficient (Wildman–Crippen LogP) is 1.93. The highest BCUT2D eigenvalue weighted by Crippen LogP contribution is 2.20. The van der Waals surface area contributed by atoms with Crippen LogP contribution in [0.15, 0.2) is 0 Å². The van der Waals surface area contributed by atoms with Crippen molar-refractivity contribution in [2.45, 2.75) is 33.1 Å². The third-order valence-corrected chi connectivity index (χ3v) is 4.29. The SMILES string of the molecule is CC(C)(CO)CCCNC(=O)N1CCCSCC1. The molecule has 1 aliphatic heterocycles. The molecule has 1 saturated heterocycles. The molecule has 106 valence electrons. The molecule has 1 rings (SSSR count). The summed E-state index contributed by atoms with van der Waals surface area (Å²) in [6.45, 7) is 6.72. The van der Waals surface area contributed by atoms with Crippen molar-refractivity contribution in [3.8, 4) is 0 Å². The number of rotatable bonds is 5. The Hall–Kier alpha value is -0.420. The Balaban J connectivity index is 2.16. The first-order valence-electron chi connectivity index (χ1n) is 6.76. The van der Waals surface area contributed by atoms with Crippen LogP contribution < -0.4 is 5.32 Å². The van der Waals surface area contributed by atoms with E-state index in [9.17, 15) is 4.79 Å². The summed E-state index contributed by atoms with van der Waals surface area (Å²) in [6, 6.07) is 0.0688. The highest BCUT2D eigenvalue weighted by Gasteiger charge is 2.17. The molecule has 0 spiro atoms. The predicted molar refractivity (Wildman–Crippen MR) is 77.0 cm³/mol. The first kappa shape index (κ1) is 15.6. The summed E-state index contributed by atoms with van der Waals surface area (Å²) in [7, 11) is 0. The fourth-order valence-corrected chi connectivity index (χ4v) is 2.79. The van der Waals surface area contributed by atoms with Gasteiger partial charge >= 0.3 is 6.03 Å². The minimum atomic E-state index is -0.0377. The Morgan fingerprint density at radius 2 is 2.17 bits per heavy atom. The molecule has 0 aromatic heterocycles. The number of hydrogen-bond acceptors (Lipinski definition) is 3. The van der Waals surface area contributed by atoms with Gasteiger partial charge in [0.15, 0.2) is 0 Å². The average molecular weight is 274 g/mol. The van der Waals surface area contributed by atoms with E-state index in [4.69, 9.17) is 5.11 Å². The number of carbonyl (C=O) groups is 1. The molecule has 1 fully saturated rings. The van der Waals surface area contributed by atoms with Gasteiger partial charge < -0.3 is 15.3 Å². The Kier molecular flexibility index (Phi) is 6.86. The number of nitrogens with one attached hydrogen (secondary N) is 1. The fraction of sp³-hybridized carbons (Fsp3) is 0.923. The van der Waals surface area contributed by atoms with E-state index >= 15 is 0 Å². The summed E-state index contributed by atoms with van der Waals surface area (Å²) in [6.07, 6.45) is 2.94. The summed E-state index contributed by atoms with van der Waals surface area (Å²) < 4.78 is 0. The van der Waals surface area contributed by atoms with Crippen molar-refractivity contribution in [2.75, 3.05) is 37.7 Å². The van der Waals surface area contributed by atoms with E-state index in [2.05, 4.69) is 5.32 Å². The fourth-order valence-electron chi connectivity index (χ4n) is 1.90. The number of amides is 2. The van der Waals surface area contributed by atoms with Crippen molar-refractivity contribution in [3.63, 3.8) is 0 Å². The zero-order chi connectivity index (χ0) is 13.4. The van der Waals surface area contributed by atoms with Gasteiger partial charge in [0.25, 0.3) is 0 Å². The lowest BCUT2D eigenvalue weighted by Gasteiger charge is -2.23. The van der Waals surface area contributed by atoms with E-state index < -0.39 is 0 Å². The summed E-state index contributed by atoms with van der Waals surface area (Å²) in [5.41, 5.74) is -0.0377. The Morgan fingerprint density at radius 1 is 1.39 bits per heavy atom. The third-order valence-electron chi connectivity index (χ3n) is 3.24. The summed E-state index contributed by atoms with van der Waals surface area (Å²) in [5.74, 6) is 2.21. The van der Waals surface area contributed by atoms with Crippen LogP contribution in [0.2, 0.25) is 0 Å². The summed E-state index contributed by atoms with van der Waals surface area (Å²) in [5, 5.41) is 12.1. The Morgan fingerprint density at radius 3 is 2.89 bits per heavy atom. The van der Waals surface area contributed by atoms with Crippen molar-refractivity contribution >= 4 is 17.8 Å². The van der Waals surface area contributed by atoms with Crippen LogP contribution in [0.5, 0.6) is 0 Å². The lowest BCUT2D eigenvalue weighted by atomic mass is 9.89. The van der Waals surface area contributed by atoms with Gasteiger partial charge in [-0.15, -0.1) is 0 Å². The lowest BCUT2D eigenvalue weighted by Crippen LogP contribution is -2.41. The van der Waals surface area contributed by atoms with Gasteiger partial charge in [-0.3, -0.25) is 0 Å². The van der Waals surface area contributed by atoms with Gasteiger partial charge in [-0.05, 0) is 30.4 Å². The molecule has 5 heteroatoms. The van der Waals surface area contributed by atoms with E-state index in [1.807, 2.05) is 30.5 Å². The van der Waals surface area contributed by atoms with Gasteiger partial charge in [0.05, 0.1) is 0 Å². The van der Waals surface area contributed by atoms with Gasteiger partial charge in [-0.25, -0.2) is 4.79 Å². The second kappa shape index (κ2) is 7.89. The van der Waals surface area contributed by atoms with Crippen LogP contribution >= 0.6 is 11.8 Å². The lowest BCUT2D eigenvalue weighted by molar-refractivity contribution is 0.147. The van der Waals surface area contributed by atoms with Crippen molar-refractivity contribution in [1.82, 2.24) is 10.2 Å². The number of carbonyl (C=O) groups excluding carboxylic acids is 1. The summed E-state index contributed by atoms with van der Waals surface area (Å²) in [4.78, 5) is 13.8. The monoisotopic (exact) mass is 274 g/mol. The molecule has 0 aromatic rings. The molecule has 1 aliphatic rings. The molecular formula is C13H26N2O2S. The van der Waals surface area contributed by atoms with E-state index in [1.54, 1.807) is 0 Å². The molecule has 0 unspecified atom stereocenters. The largest absolute Gasteiger partial charge is 0.396 e. The Labute approximate surface area is 115 Å². The molecule has 2 amide bonds. The van der Waals surface area contributed by atoms with Crippen LogP contribution in [0.4, 0.5) is 4.79 Å². The molecule has 0 saturated carbocycles. The number of urea groups is 1. The standard InChI is InChI=1S/C13H26N2O2S/c1-13(2,11-16)5-3-6-14-12(17)15-7-4-9-18-10-8-15/h16H,3-11H2,1-2H3,(H,14,17). The van der Waals surface area contributed by atoms with E-state index in [0.717, 1.165) is 43.9 Å². The van der Waals surface area contributed by atoms with Gasteiger partial charge in [0.1, 0.15) is 0 Å². The number of hydrogen-bond donors (Lipinski definition) is 2. The van der Waals surface area contributed by atoms with E-state index in [-0.39, 0.29) is 18.1 Å². The number of aliphatic hydroxyl groups excluding tert-OH is 1. The van der Waals surface area contributed by atoms with Crippen LogP contribution in [0, 0.1) is 5.41 Å². The van der Waals surface area contributed by atoms with Crippen molar-refractivity contribution in [2.24, 2.45) is 5.41 Å². The van der Waals surface area contributed by atoms with Crippen molar-refractivity contribution in [3.05, 3.63) is 0 Å². The average Bonchev–Trinajstić information content (AvgIpc) is 2.63. The van der Waals surface area contributed by atoms with Gasteiger partial charge in [-0.2, -0.15) is 11.8 Å². The number of nitrogens with zero attached hydrogens (tertiary/aromatic N) is 1. The third kappa shape index (κ3) is 5.96. The number of aliphatic hydroxyl groups is 1. The van der Waals surface area contributed by atoms with E-state index in [0.29, 0.717) is 6.54 Å². The maximum Gasteiger partial charge on any atom is 0.317 e. The van der Waals surface area contributed by atoms with E-state index in [1.165, 1.54) is 0 Å². The van der Waals surface area contributed by atoms with Gasteiger partial charge in [-0.1, -0.05) is 13.8 Å². The maximum atomic E-state index is 11.9. The zero-order valence-electron chi connectivity index (χ0n) is 11.6. The minimum absolute atomic E-state index is 0.0377. The van der Waals surface area contributed by atoms with Crippen LogP contribution in [-0.4, -0.2) is 53.8 Å². The molecule has 0 aliphatic carbocycles. The molecule has 0 radical (unpaired) electrons. The molecule has 2 N–H and O–H groups in total. The number of thioether (sulfide) groups is 1. The first-order chi connectivity index (χ1) is 8.55. The van der Waals surface area contributed by atoms with Gasteiger partial charge in [0.2, 0.25) is 0 Å².